The number of carbonyl (C=O) groups excluding carboxylic acids is 2. The Kier molecular flexibility index (Phi) is 5.76. The van der Waals surface area contributed by atoms with Crippen LogP contribution in [0.25, 0.3) is 11.1 Å². The van der Waals surface area contributed by atoms with Crippen molar-refractivity contribution in [2.45, 2.75) is 97.7 Å². The molecule has 0 saturated heterocycles. The molecular formula is C33H40O5. The van der Waals surface area contributed by atoms with E-state index in [9.17, 15) is 9.59 Å². The highest BCUT2D eigenvalue weighted by molar-refractivity contribution is 5.85. The molecule has 5 aliphatic rings. The van der Waals surface area contributed by atoms with E-state index in [1.807, 2.05) is 32.9 Å². The fourth-order valence-corrected chi connectivity index (χ4v) is 8.05. The summed E-state index contributed by atoms with van der Waals surface area (Å²) in [7, 11) is 0. The van der Waals surface area contributed by atoms with Crippen LogP contribution in [0.2, 0.25) is 0 Å². The van der Waals surface area contributed by atoms with Gasteiger partial charge in [0.25, 0.3) is 0 Å². The average Bonchev–Trinajstić information content (AvgIpc) is 2.79. The molecule has 1 aliphatic heterocycles. The quantitative estimate of drug-likeness (QED) is 0.312. The molecule has 4 aliphatic carbocycles. The van der Waals surface area contributed by atoms with Gasteiger partial charge in [0, 0.05) is 12.5 Å². The summed E-state index contributed by atoms with van der Waals surface area (Å²) in [5.41, 5.74) is 3.98. The number of hydrogen-bond acceptors (Lipinski definition) is 5. The first kappa shape index (κ1) is 25.5. The van der Waals surface area contributed by atoms with Gasteiger partial charge in [-0.2, -0.15) is 0 Å². The lowest BCUT2D eigenvalue weighted by atomic mass is 9.48. The summed E-state index contributed by atoms with van der Waals surface area (Å²) in [6.45, 7) is 11.4. The summed E-state index contributed by atoms with van der Waals surface area (Å²) in [4.78, 5) is 24.7. The van der Waals surface area contributed by atoms with Crippen molar-refractivity contribution < 1.29 is 23.8 Å². The second-order valence-electron chi connectivity index (χ2n) is 14.0. The molecule has 0 spiro atoms. The molecule has 7 rings (SSSR count). The van der Waals surface area contributed by atoms with Crippen molar-refractivity contribution in [2.24, 2.45) is 23.2 Å². The first-order chi connectivity index (χ1) is 17.8. The average molecular weight is 517 g/mol. The van der Waals surface area contributed by atoms with Crippen LogP contribution in [0.5, 0.6) is 11.5 Å². The Bertz CT molecular complexity index is 1280. The van der Waals surface area contributed by atoms with Gasteiger partial charge in [-0.05, 0) is 131 Å². The van der Waals surface area contributed by atoms with E-state index in [2.05, 4.69) is 32.0 Å². The van der Waals surface area contributed by atoms with E-state index in [0.717, 1.165) is 45.8 Å². The third kappa shape index (κ3) is 4.32. The fourth-order valence-electron chi connectivity index (χ4n) is 8.05. The zero-order valence-corrected chi connectivity index (χ0v) is 23.6. The Morgan fingerprint density at radius 1 is 0.974 bits per heavy atom. The summed E-state index contributed by atoms with van der Waals surface area (Å²) in [5.74, 6) is 3.21. The van der Waals surface area contributed by atoms with Crippen LogP contribution in [-0.4, -0.2) is 11.9 Å². The molecule has 2 aromatic rings. The smallest absolute Gasteiger partial charge is 0.311 e. The number of fused-ring (bicyclic) bond motifs is 3. The van der Waals surface area contributed by atoms with Gasteiger partial charge in [0.1, 0.15) is 23.7 Å². The van der Waals surface area contributed by atoms with Crippen LogP contribution < -0.4 is 9.47 Å². The molecule has 2 aromatic carbocycles. The van der Waals surface area contributed by atoms with Crippen LogP contribution in [-0.2, 0) is 31.9 Å². The minimum Gasteiger partial charge on any atom is -0.482 e. The van der Waals surface area contributed by atoms with Crippen molar-refractivity contribution in [3.63, 3.8) is 0 Å². The van der Waals surface area contributed by atoms with Crippen LogP contribution in [0.1, 0.15) is 96.8 Å². The predicted molar refractivity (Wildman–Crippen MR) is 146 cm³/mol. The summed E-state index contributed by atoms with van der Waals surface area (Å²) >= 11 is 0. The van der Waals surface area contributed by atoms with E-state index in [1.54, 1.807) is 0 Å². The van der Waals surface area contributed by atoms with Crippen LogP contribution in [0, 0.1) is 23.2 Å². The zero-order valence-electron chi connectivity index (χ0n) is 23.6. The normalized spacial score (nSPS) is 28.2. The Morgan fingerprint density at radius 3 is 2.18 bits per heavy atom. The minimum absolute atomic E-state index is 0.148. The van der Waals surface area contributed by atoms with Gasteiger partial charge >= 0.3 is 11.9 Å². The van der Waals surface area contributed by atoms with E-state index < -0.39 is 11.0 Å². The Hall–Kier alpha value is -2.82. The van der Waals surface area contributed by atoms with Crippen LogP contribution >= 0.6 is 0 Å². The van der Waals surface area contributed by atoms with Crippen molar-refractivity contribution in [3.8, 4) is 22.6 Å². The number of rotatable bonds is 4. The molecule has 0 N–H and O–H groups in total. The first-order valence-corrected chi connectivity index (χ1v) is 14.2. The molecule has 5 heteroatoms. The molecule has 1 heterocycles. The van der Waals surface area contributed by atoms with Gasteiger partial charge in [0.2, 0.25) is 0 Å². The highest BCUT2D eigenvalue weighted by Gasteiger charge is 2.52. The molecule has 0 unspecified atom stereocenters. The molecule has 4 saturated carbocycles. The SMILES string of the molecule is CC(=O)Oc1cc(C23CC4CC(CC(C4)C2)C3)cc2c1-c1cc(COC(=O)C(C)(C)C)ccc1C(C)(C)O2. The first-order valence-electron chi connectivity index (χ1n) is 14.2. The fraction of sp³-hybridized carbons (Fsp3) is 0.576. The van der Waals surface area contributed by atoms with Gasteiger partial charge < -0.3 is 14.2 Å². The maximum atomic E-state index is 12.4. The largest absolute Gasteiger partial charge is 0.482 e. The number of hydrogen-bond donors (Lipinski definition) is 0. The molecule has 38 heavy (non-hydrogen) atoms. The number of benzene rings is 2. The minimum atomic E-state index is -0.563. The van der Waals surface area contributed by atoms with E-state index in [4.69, 9.17) is 14.2 Å². The van der Waals surface area contributed by atoms with E-state index in [1.165, 1.54) is 51.0 Å². The molecular weight excluding hydrogens is 476 g/mol. The molecule has 5 nitrogen and oxygen atoms in total. The maximum absolute atomic E-state index is 12.4. The lowest BCUT2D eigenvalue weighted by Crippen LogP contribution is -2.48. The monoisotopic (exact) mass is 516 g/mol. The van der Waals surface area contributed by atoms with Crippen molar-refractivity contribution in [3.05, 3.63) is 47.0 Å². The van der Waals surface area contributed by atoms with E-state index in [-0.39, 0.29) is 24.0 Å². The summed E-state index contributed by atoms with van der Waals surface area (Å²) in [6, 6.07) is 10.5. The molecule has 0 radical (unpaired) electrons. The van der Waals surface area contributed by atoms with Crippen molar-refractivity contribution >= 4 is 11.9 Å². The summed E-state index contributed by atoms with van der Waals surface area (Å²) < 4.78 is 18.2. The van der Waals surface area contributed by atoms with E-state index >= 15 is 0 Å². The number of carbonyl (C=O) groups is 2. The zero-order chi connectivity index (χ0) is 27.0. The van der Waals surface area contributed by atoms with Crippen molar-refractivity contribution in [2.75, 3.05) is 0 Å². The van der Waals surface area contributed by atoms with Gasteiger partial charge in [-0.3, -0.25) is 9.59 Å². The molecule has 202 valence electrons. The highest BCUT2D eigenvalue weighted by atomic mass is 16.5. The molecule has 4 bridgehead atoms. The molecule has 0 amide bonds. The van der Waals surface area contributed by atoms with Gasteiger partial charge in [-0.1, -0.05) is 12.1 Å². The standard InChI is InChI=1S/C33H40O5/c1-19(34)37-27-13-24(33-15-21-9-22(16-33)11-23(10-21)17-33)14-28-29(27)25-12-20(18-36-30(35)31(2,3)4)7-8-26(25)32(5,6)38-28/h7-8,12-14,21-23H,9-11,15-18H2,1-6H3. The lowest BCUT2D eigenvalue weighted by molar-refractivity contribution is -0.154. The van der Waals surface area contributed by atoms with E-state index in [0.29, 0.717) is 5.75 Å². The van der Waals surface area contributed by atoms with Gasteiger partial charge in [0.05, 0.1) is 11.0 Å². The van der Waals surface area contributed by atoms with Crippen LogP contribution in [0.15, 0.2) is 30.3 Å². The molecule has 4 fully saturated rings. The van der Waals surface area contributed by atoms with Crippen LogP contribution in [0.3, 0.4) is 0 Å². The predicted octanol–water partition coefficient (Wildman–Crippen LogP) is 7.46. The second kappa shape index (κ2) is 8.59. The third-order valence-electron chi connectivity index (χ3n) is 9.32. The van der Waals surface area contributed by atoms with Crippen molar-refractivity contribution in [1.82, 2.24) is 0 Å². The second-order valence-corrected chi connectivity index (χ2v) is 14.0. The van der Waals surface area contributed by atoms with Crippen LogP contribution in [0.4, 0.5) is 0 Å². The highest BCUT2D eigenvalue weighted by Crippen LogP contribution is 2.62. The third-order valence-corrected chi connectivity index (χ3v) is 9.32. The molecule has 0 atom stereocenters. The summed E-state index contributed by atoms with van der Waals surface area (Å²) in [5, 5.41) is 0. The Morgan fingerprint density at radius 2 is 1.61 bits per heavy atom. The lowest BCUT2D eigenvalue weighted by Gasteiger charge is -2.57. The topological polar surface area (TPSA) is 61.8 Å². The van der Waals surface area contributed by atoms with Crippen molar-refractivity contribution in [1.29, 1.82) is 0 Å². The maximum Gasteiger partial charge on any atom is 0.311 e. The number of ether oxygens (including phenoxy) is 3. The van der Waals surface area contributed by atoms with Gasteiger partial charge in [-0.15, -0.1) is 0 Å². The van der Waals surface area contributed by atoms with Gasteiger partial charge in [0.15, 0.2) is 0 Å². The summed E-state index contributed by atoms with van der Waals surface area (Å²) in [6.07, 6.45) is 7.79. The Labute approximate surface area is 226 Å². The van der Waals surface area contributed by atoms with Gasteiger partial charge in [-0.25, -0.2) is 0 Å². The molecule has 0 aromatic heterocycles. The number of esters is 2. The Balaban J connectivity index is 1.44.